The molecule has 0 saturated carbocycles. The van der Waals surface area contributed by atoms with Crippen LogP contribution in [0.15, 0.2) is 6.20 Å². The van der Waals surface area contributed by atoms with E-state index in [0.29, 0.717) is 6.04 Å². The normalized spacial score (nSPS) is 23.7. The Morgan fingerprint density at radius 3 is 2.85 bits per heavy atom. The Labute approximate surface area is 121 Å². The molecule has 5 heteroatoms. The van der Waals surface area contributed by atoms with Gasteiger partial charge in [0.1, 0.15) is 0 Å². The summed E-state index contributed by atoms with van der Waals surface area (Å²) in [5.74, 6) is 0.925. The second kappa shape index (κ2) is 6.06. The van der Waals surface area contributed by atoms with E-state index < -0.39 is 0 Å². The number of nitrogens with one attached hydrogen (secondary N) is 1. The van der Waals surface area contributed by atoms with Crippen LogP contribution >= 0.6 is 0 Å². The van der Waals surface area contributed by atoms with E-state index in [1.54, 1.807) is 0 Å². The highest BCUT2D eigenvalue weighted by Gasteiger charge is 2.23. The first-order chi connectivity index (χ1) is 9.78. The Morgan fingerprint density at radius 2 is 2.10 bits per heavy atom. The summed E-state index contributed by atoms with van der Waals surface area (Å²) in [5, 5.41) is 3.55. The molecule has 1 aliphatic heterocycles. The molecular weight excluding hydrogens is 250 g/mol. The van der Waals surface area contributed by atoms with Crippen molar-refractivity contribution in [2.24, 2.45) is 0 Å². The molecule has 1 atom stereocenters. The standard InChI is InChI=1S/C15H25N5/c1-3-16-13-5-4-6-14-12(13)11-17-15(18-14)20-9-7-19(2)8-10-20/h11,13,16H,3-10H2,1-2H3. The molecule has 1 aliphatic carbocycles. The second-order valence-electron chi connectivity index (χ2n) is 5.86. The van der Waals surface area contributed by atoms with Crippen LogP contribution in [0.25, 0.3) is 0 Å². The van der Waals surface area contributed by atoms with Crippen molar-refractivity contribution in [3.63, 3.8) is 0 Å². The van der Waals surface area contributed by atoms with Gasteiger partial charge in [0.15, 0.2) is 0 Å². The molecule has 1 unspecified atom stereocenters. The molecule has 0 aromatic carbocycles. The summed E-state index contributed by atoms with van der Waals surface area (Å²) >= 11 is 0. The van der Waals surface area contributed by atoms with Crippen LogP contribution in [0.2, 0.25) is 0 Å². The van der Waals surface area contributed by atoms with Crippen molar-refractivity contribution in [1.82, 2.24) is 20.2 Å². The Bertz CT molecular complexity index is 454. The maximum absolute atomic E-state index is 4.85. The van der Waals surface area contributed by atoms with E-state index in [9.17, 15) is 0 Å². The number of anilines is 1. The highest BCUT2D eigenvalue weighted by atomic mass is 15.3. The van der Waals surface area contributed by atoms with Crippen LogP contribution in [0.5, 0.6) is 0 Å². The minimum Gasteiger partial charge on any atom is -0.338 e. The SMILES string of the molecule is CCNC1CCCc2nc(N3CCN(C)CC3)ncc21. The number of likely N-dealkylation sites (N-methyl/N-ethyl adjacent to an activating group) is 1. The average Bonchev–Trinajstić information content (AvgIpc) is 2.48. The van der Waals surface area contributed by atoms with Crippen molar-refractivity contribution in [2.75, 3.05) is 44.7 Å². The fraction of sp³-hybridized carbons (Fsp3) is 0.733. The molecule has 0 bridgehead atoms. The van der Waals surface area contributed by atoms with Crippen LogP contribution in [0.3, 0.4) is 0 Å². The maximum atomic E-state index is 4.85. The first-order valence-electron chi connectivity index (χ1n) is 7.80. The fourth-order valence-corrected chi connectivity index (χ4v) is 3.15. The highest BCUT2D eigenvalue weighted by molar-refractivity contribution is 5.36. The quantitative estimate of drug-likeness (QED) is 0.898. The summed E-state index contributed by atoms with van der Waals surface area (Å²) in [5.41, 5.74) is 2.57. The maximum Gasteiger partial charge on any atom is 0.225 e. The average molecular weight is 275 g/mol. The molecule has 1 fully saturated rings. The predicted octanol–water partition coefficient (Wildman–Crippen LogP) is 1.22. The van der Waals surface area contributed by atoms with Crippen LogP contribution in [0, 0.1) is 0 Å². The third kappa shape index (κ3) is 2.79. The lowest BCUT2D eigenvalue weighted by atomic mass is 9.92. The van der Waals surface area contributed by atoms with E-state index in [0.717, 1.165) is 45.1 Å². The molecule has 5 nitrogen and oxygen atoms in total. The molecule has 0 spiro atoms. The molecule has 1 aromatic rings. The van der Waals surface area contributed by atoms with E-state index >= 15 is 0 Å². The number of hydrogen-bond acceptors (Lipinski definition) is 5. The number of rotatable bonds is 3. The summed E-state index contributed by atoms with van der Waals surface area (Å²) in [6.45, 7) is 7.43. The van der Waals surface area contributed by atoms with E-state index in [2.05, 4.69) is 40.3 Å². The Hall–Kier alpha value is -1.20. The first-order valence-corrected chi connectivity index (χ1v) is 7.80. The van der Waals surface area contributed by atoms with Gasteiger partial charge < -0.3 is 15.1 Å². The van der Waals surface area contributed by atoms with Gasteiger partial charge in [-0.25, -0.2) is 9.97 Å². The molecule has 2 heterocycles. The van der Waals surface area contributed by atoms with Gasteiger partial charge >= 0.3 is 0 Å². The molecule has 1 N–H and O–H groups in total. The Kier molecular flexibility index (Phi) is 4.17. The van der Waals surface area contributed by atoms with Gasteiger partial charge in [0.05, 0.1) is 5.69 Å². The third-order valence-corrected chi connectivity index (χ3v) is 4.41. The minimum atomic E-state index is 0.449. The van der Waals surface area contributed by atoms with Crippen molar-refractivity contribution in [1.29, 1.82) is 0 Å². The van der Waals surface area contributed by atoms with Gasteiger partial charge in [0.2, 0.25) is 5.95 Å². The van der Waals surface area contributed by atoms with Crippen molar-refractivity contribution in [2.45, 2.75) is 32.2 Å². The molecule has 2 aliphatic rings. The lowest BCUT2D eigenvalue weighted by molar-refractivity contribution is 0.311. The molecule has 1 aromatic heterocycles. The monoisotopic (exact) mass is 275 g/mol. The van der Waals surface area contributed by atoms with Gasteiger partial charge in [0.25, 0.3) is 0 Å². The summed E-state index contributed by atoms with van der Waals surface area (Å²) in [7, 11) is 2.17. The van der Waals surface area contributed by atoms with Gasteiger partial charge in [-0.1, -0.05) is 6.92 Å². The number of piperazine rings is 1. The van der Waals surface area contributed by atoms with Crippen molar-refractivity contribution in [3.8, 4) is 0 Å². The number of aromatic nitrogens is 2. The smallest absolute Gasteiger partial charge is 0.225 e. The molecule has 3 rings (SSSR count). The summed E-state index contributed by atoms with van der Waals surface area (Å²) in [4.78, 5) is 14.2. The largest absolute Gasteiger partial charge is 0.338 e. The summed E-state index contributed by atoms with van der Waals surface area (Å²) in [6.07, 6.45) is 5.59. The van der Waals surface area contributed by atoms with E-state index in [1.165, 1.54) is 24.1 Å². The van der Waals surface area contributed by atoms with Crippen LogP contribution in [-0.2, 0) is 6.42 Å². The third-order valence-electron chi connectivity index (χ3n) is 4.41. The van der Waals surface area contributed by atoms with Gasteiger partial charge in [-0.15, -0.1) is 0 Å². The molecular formula is C15H25N5. The van der Waals surface area contributed by atoms with Crippen LogP contribution in [0.1, 0.15) is 37.1 Å². The van der Waals surface area contributed by atoms with Crippen molar-refractivity contribution >= 4 is 5.95 Å². The number of fused-ring (bicyclic) bond motifs is 1. The fourth-order valence-electron chi connectivity index (χ4n) is 3.15. The number of aryl methyl sites for hydroxylation is 1. The molecule has 0 amide bonds. The zero-order valence-electron chi connectivity index (χ0n) is 12.6. The van der Waals surface area contributed by atoms with Gasteiger partial charge in [-0.3, -0.25) is 0 Å². The van der Waals surface area contributed by atoms with Gasteiger partial charge in [-0.2, -0.15) is 0 Å². The van der Waals surface area contributed by atoms with E-state index in [4.69, 9.17) is 4.98 Å². The highest BCUT2D eigenvalue weighted by Crippen LogP contribution is 2.29. The van der Waals surface area contributed by atoms with Crippen molar-refractivity contribution in [3.05, 3.63) is 17.5 Å². The first kappa shape index (κ1) is 13.8. The van der Waals surface area contributed by atoms with Crippen LogP contribution in [-0.4, -0.2) is 54.6 Å². The summed E-state index contributed by atoms with van der Waals surface area (Å²) < 4.78 is 0. The minimum absolute atomic E-state index is 0.449. The molecule has 0 radical (unpaired) electrons. The molecule has 110 valence electrons. The predicted molar refractivity (Wildman–Crippen MR) is 81.1 cm³/mol. The number of hydrogen-bond donors (Lipinski definition) is 1. The van der Waals surface area contributed by atoms with E-state index in [1.807, 2.05) is 0 Å². The van der Waals surface area contributed by atoms with Gasteiger partial charge in [-0.05, 0) is 32.9 Å². The Morgan fingerprint density at radius 1 is 1.30 bits per heavy atom. The second-order valence-corrected chi connectivity index (χ2v) is 5.86. The van der Waals surface area contributed by atoms with Crippen LogP contribution < -0.4 is 10.2 Å². The number of nitrogens with zero attached hydrogens (tertiary/aromatic N) is 4. The van der Waals surface area contributed by atoms with E-state index in [-0.39, 0.29) is 0 Å². The zero-order valence-corrected chi connectivity index (χ0v) is 12.6. The van der Waals surface area contributed by atoms with Crippen molar-refractivity contribution < 1.29 is 0 Å². The lowest BCUT2D eigenvalue weighted by Gasteiger charge is -2.33. The van der Waals surface area contributed by atoms with Gasteiger partial charge in [0, 0.05) is 44.0 Å². The topological polar surface area (TPSA) is 44.3 Å². The molecule has 1 saturated heterocycles. The Balaban J connectivity index is 1.78. The summed E-state index contributed by atoms with van der Waals surface area (Å²) in [6, 6.07) is 0.449. The molecule has 20 heavy (non-hydrogen) atoms. The zero-order chi connectivity index (χ0) is 13.9. The lowest BCUT2D eigenvalue weighted by Crippen LogP contribution is -2.45. The van der Waals surface area contributed by atoms with Crippen LogP contribution in [0.4, 0.5) is 5.95 Å².